The lowest BCUT2D eigenvalue weighted by Crippen LogP contribution is -2.18. The number of methoxy groups -OCH3 is 1. The zero-order valence-corrected chi connectivity index (χ0v) is 14.0. The summed E-state index contributed by atoms with van der Waals surface area (Å²) in [6.45, 7) is 1.39. The van der Waals surface area contributed by atoms with Gasteiger partial charge in [0.1, 0.15) is 10.7 Å². The van der Waals surface area contributed by atoms with Gasteiger partial charge in [0.05, 0.1) is 17.9 Å². The van der Waals surface area contributed by atoms with Gasteiger partial charge in [-0.2, -0.15) is 13.2 Å². The molecule has 6 nitrogen and oxygen atoms in total. The summed E-state index contributed by atoms with van der Waals surface area (Å²) < 4.78 is 44.6. The van der Waals surface area contributed by atoms with Gasteiger partial charge in [-0.25, -0.2) is 4.98 Å². The molecule has 2 N–H and O–H groups in total. The molecule has 2 amide bonds. The highest BCUT2D eigenvalue weighted by Gasteiger charge is 2.34. The van der Waals surface area contributed by atoms with E-state index in [-0.39, 0.29) is 18.0 Å². The van der Waals surface area contributed by atoms with Gasteiger partial charge in [-0.15, -0.1) is 11.3 Å². The van der Waals surface area contributed by atoms with Gasteiger partial charge in [0.25, 0.3) is 5.91 Å². The van der Waals surface area contributed by atoms with E-state index in [1.165, 1.54) is 36.8 Å². The molecule has 0 unspecified atom stereocenters. The fourth-order valence-corrected chi connectivity index (χ4v) is 2.70. The third-order valence-electron chi connectivity index (χ3n) is 2.95. The number of hydrogen-bond acceptors (Lipinski definition) is 5. The Hall–Kier alpha value is -2.46. The minimum absolute atomic E-state index is 0.00360. The maximum Gasteiger partial charge on any atom is 0.418 e. The van der Waals surface area contributed by atoms with Crippen LogP contribution in [0.4, 0.5) is 24.5 Å². The monoisotopic (exact) mass is 373 g/mol. The van der Waals surface area contributed by atoms with Crippen molar-refractivity contribution in [3.63, 3.8) is 0 Å². The number of alkyl halides is 3. The number of carbonyl (C=O) groups is 2. The molecular formula is C15H14F3N3O3S. The van der Waals surface area contributed by atoms with E-state index in [2.05, 4.69) is 15.6 Å². The number of anilines is 2. The second-order valence-corrected chi connectivity index (χ2v) is 5.90. The lowest BCUT2D eigenvalue weighted by molar-refractivity contribution is -0.137. The van der Waals surface area contributed by atoms with E-state index in [1.807, 2.05) is 0 Å². The Morgan fingerprint density at radius 3 is 2.60 bits per heavy atom. The fraction of sp³-hybridized carbons (Fsp3) is 0.267. The van der Waals surface area contributed by atoms with Crippen LogP contribution < -0.4 is 10.6 Å². The maximum absolute atomic E-state index is 13.2. The number of amides is 2. The van der Waals surface area contributed by atoms with Crippen molar-refractivity contribution in [2.24, 2.45) is 0 Å². The maximum atomic E-state index is 13.2. The number of carbonyl (C=O) groups excluding carboxylic acids is 2. The molecule has 25 heavy (non-hydrogen) atoms. The first kappa shape index (κ1) is 18.9. The lowest BCUT2D eigenvalue weighted by Gasteiger charge is -2.15. The van der Waals surface area contributed by atoms with Crippen LogP contribution in [0.25, 0.3) is 0 Å². The van der Waals surface area contributed by atoms with E-state index >= 15 is 0 Å². The quantitative estimate of drug-likeness (QED) is 0.840. The number of ether oxygens (including phenoxy) is 1. The smallest absolute Gasteiger partial charge is 0.378 e. The van der Waals surface area contributed by atoms with Crippen LogP contribution in [-0.4, -0.2) is 23.9 Å². The fourth-order valence-electron chi connectivity index (χ4n) is 1.96. The van der Waals surface area contributed by atoms with Gasteiger partial charge in [0.15, 0.2) is 0 Å². The standard InChI is InChI=1S/C15H14F3N3O3S/c1-8(22)19-9-3-4-11(10(5-9)15(16,17)18)21-14(23)12-7-25-13(20-12)6-24-2/h3-5,7H,6H2,1-2H3,(H,19,22)(H,21,23). The van der Waals surface area contributed by atoms with Crippen LogP contribution in [0.5, 0.6) is 0 Å². The number of rotatable bonds is 5. The summed E-state index contributed by atoms with van der Waals surface area (Å²) in [5.41, 5.74) is -1.52. The number of nitrogens with zero attached hydrogens (tertiary/aromatic N) is 1. The molecule has 0 aliphatic carbocycles. The molecule has 1 heterocycles. The molecule has 0 saturated heterocycles. The van der Waals surface area contributed by atoms with Gasteiger partial charge in [-0.05, 0) is 18.2 Å². The first-order chi connectivity index (χ1) is 11.7. The Bertz CT molecular complexity index is 790. The zero-order valence-electron chi connectivity index (χ0n) is 13.2. The van der Waals surface area contributed by atoms with Gasteiger partial charge < -0.3 is 15.4 Å². The van der Waals surface area contributed by atoms with Crippen molar-refractivity contribution in [3.8, 4) is 0 Å². The Kier molecular flexibility index (Phi) is 5.75. The Morgan fingerprint density at radius 1 is 1.28 bits per heavy atom. The first-order valence-electron chi connectivity index (χ1n) is 6.94. The summed E-state index contributed by atoms with van der Waals surface area (Å²) >= 11 is 1.17. The average Bonchev–Trinajstić information content (AvgIpc) is 2.96. The Morgan fingerprint density at radius 2 is 2.00 bits per heavy atom. The van der Waals surface area contributed by atoms with Crippen LogP contribution in [0.3, 0.4) is 0 Å². The van der Waals surface area contributed by atoms with Crippen LogP contribution in [0.2, 0.25) is 0 Å². The molecule has 0 spiro atoms. The van der Waals surface area contributed by atoms with Gasteiger partial charge in [0.2, 0.25) is 5.91 Å². The number of halogens is 3. The van der Waals surface area contributed by atoms with E-state index in [4.69, 9.17) is 4.74 Å². The summed E-state index contributed by atoms with van der Waals surface area (Å²) in [7, 11) is 1.47. The highest BCUT2D eigenvalue weighted by atomic mass is 32.1. The van der Waals surface area contributed by atoms with E-state index < -0.39 is 29.2 Å². The molecule has 0 radical (unpaired) electrons. The second-order valence-electron chi connectivity index (χ2n) is 4.95. The predicted molar refractivity (Wildman–Crippen MR) is 86.5 cm³/mol. The Balaban J connectivity index is 2.27. The van der Waals surface area contributed by atoms with Gasteiger partial charge in [0, 0.05) is 25.1 Å². The van der Waals surface area contributed by atoms with Crippen LogP contribution in [0.15, 0.2) is 23.6 Å². The first-order valence-corrected chi connectivity index (χ1v) is 7.82. The van der Waals surface area contributed by atoms with Crippen LogP contribution in [0, 0.1) is 0 Å². The van der Waals surface area contributed by atoms with E-state index in [9.17, 15) is 22.8 Å². The minimum Gasteiger partial charge on any atom is -0.378 e. The molecule has 0 atom stereocenters. The molecule has 0 bridgehead atoms. The molecule has 0 aliphatic heterocycles. The molecule has 2 aromatic rings. The van der Waals surface area contributed by atoms with E-state index in [0.29, 0.717) is 5.01 Å². The van der Waals surface area contributed by atoms with E-state index in [1.54, 1.807) is 0 Å². The summed E-state index contributed by atoms with van der Waals surface area (Å²) in [6.07, 6.45) is -4.71. The van der Waals surface area contributed by atoms with Crippen molar-refractivity contribution in [3.05, 3.63) is 39.8 Å². The molecule has 0 saturated carbocycles. The van der Waals surface area contributed by atoms with Crippen LogP contribution >= 0.6 is 11.3 Å². The molecule has 2 rings (SSSR count). The summed E-state index contributed by atoms with van der Waals surface area (Å²) in [6, 6.07) is 3.10. The zero-order chi connectivity index (χ0) is 18.6. The topological polar surface area (TPSA) is 80.3 Å². The molecule has 0 aliphatic rings. The summed E-state index contributed by atoms with van der Waals surface area (Å²) in [4.78, 5) is 27.1. The predicted octanol–water partition coefficient (Wildman–Crippen LogP) is 3.52. The average molecular weight is 373 g/mol. The van der Waals surface area contributed by atoms with Crippen LogP contribution in [-0.2, 0) is 22.3 Å². The van der Waals surface area contributed by atoms with Gasteiger partial charge in [-0.1, -0.05) is 0 Å². The number of aromatic nitrogens is 1. The molecule has 0 fully saturated rings. The normalized spacial score (nSPS) is 11.2. The second kappa shape index (κ2) is 7.62. The van der Waals surface area contributed by atoms with Gasteiger partial charge >= 0.3 is 6.18 Å². The highest BCUT2D eigenvalue weighted by Crippen LogP contribution is 2.36. The summed E-state index contributed by atoms with van der Waals surface area (Å²) in [5, 5.41) is 6.44. The largest absolute Gasteiger partial charge is 0.418 e. The third-order valence-corrected chi connectivity index (χ3v) is 3.77. The molecule has 1 aromatic carbocycles. The molecule has 134 valence electrons. The Labute approximate surface area is 145 Å². The minimum atomic E-state index is -4.71. The number of nitrogens with one attached hydrogen (secondary N) is 2. The number of thiazole rings is 1. The molecule has 1 aromatic heterocycles. The lowest BCUT2D eigenvalue weighted by atomic mass is 10.1. The van der Waals surface area contributed by atoms with Crippen molar-refractivity contribution >= 4 is 34.5 Å². The SMILES string of the molecule is COCc1nc(C(=O)Nc2ccc(NC(C)=O)cc2C(F)(F)F)cs1. The van der Waals surface area contributed by atoms with Crippen molar-refractivity contribution in [2.45, 2.75) is 19.7 Å². The van der Waals surface area contributed by atoms with Crippen molar-refractivity contribution < 1.29 is 27.5 Å². The summed E-state index contributed by atoms with van der Waals surface area (Å²) in [5.74, 6) is -1.27. The van der Waals surface area contributed by atoms with E-state index in [0.717, 1.165) is 12.1 Å². The molecular weight excluding hydrogens is 359 g/mol. The number of hydrogen-bond donors (Lipinski definition) is 2. The third kappa shape index (κ3) is 5.00. The highest BCUT2D eigenvalue weighted by molar-refractivity contribution is 7.09. The number of benzene rings is 1. The van der Waals surface area contributed by atoms with Crippen molar-refractivity contribution in [1.82, 2.24) is 4.98 Å². The molecule has 10 heteroatoms. The van der Waals surface area contributed by atoms with Gasteiger partial charge in [-0.3, -0.25) is 9.59 Å². The van der Waals surface area contributed by atoms with Crippen molar-refractivity contribution in [1.29, 1.82) is 0 Å². The van der Waals surface area contributed by atoms with Crippen molar-refractivity contribution in [2.75, 3.05) is 17.7 Å². The van der Waals surface area contributed by atoms with Crippen LogP contribution in [0.1, 0.15) is 28.0 Å².